The van der Waals surface area contributed by atoms with Crippen molar-refractivity contribution in [1.29, 1.82) is 0 Å². The molecule has 0 bridgehead atoms. The van der Waals surface area contributed by atoms with Crippen molar-refractivity contribution >= 4 is 11.6 Å². The molecule has 5 nitrogen and oxygen atoms in total. The third kappa shape index (κ3) is 1.93. The molecule has 76 valence electrons. The zero-order valence-corrected chi connectivity index (χ0v) is 8.35. The highest BCUT2D eigenvalue weighted by atomic mass is 15.3. The molecule has 2 N–H and O–H groups in total. The lowest BCUT2D eigenvalue weighted by Crippen LogP contribution is -2.44. The minimum Gasteiger partial charge on any atom is -0.382 e. The van der Waals surface area contributed by atoms with Crippen LogP contribution >= 0.6 is 0 Å². The van der Waals surface area contributed by atoms with Crippen LogP contribution in [0, 0.1) is 0 Å². The first-order valence-electron chi connectivity index (χ1n) is 4.77. The molecule has 2 heterocycles. The molecule has 1 aromatic heterocycles. The summed E-state index contributed by atoms with van der Waals surface area (Å²) in [5.41, 5.74) is 5.48. The van der Waals surface area contributed by atoms with Crippen LogP contribution in [-0.2, 0) is 0 Å². The Morgan fingerprint density at radius 1 is 1.14 bits per heavy atom. The fraction of sp³-hybridized carbons (Fsp3) is 0.556. The van der Waals surface area contributed by atoms with Gasteiger partial charge in [0.05, 0.1) is 12.4 Å². The first kappa shape index (κ1) is 9.21. The Labute approximate surface area is 83.5 Å². The van der Waals surface area contributed by atoms with Gasteiger partial charge in [-0.15, -0.1) is 0 Å². The SMILES string of the molecule is CN1CCN(c2cnc(N)cn2)CC1. The van der Waals surface area contributed by atoms with Gasteiger partial charge in [-0.05, 0) is 7.05 Å². The van der Waals surface area contributed by atoms with Gasteiger partial charge in [0.15, 0.2) is 0 Å². The Hall–Kier alpha value is -1.36. The van der Waals surface area contributed by atoms with Crippen LogP contribution in [0.25, 0.3) is 0 Å². The predicted octanol–water partition coefficient (Wildman–Crippen LogP) is -0.189. The van der Waals surface area contributed by atoms with E-state index in [4.69, 9.17) is 5.73 Å². The Morgan fingerprint density at radius 2 is 1.86 bits per heavy atom. The fourth-order valence-electron chi connectivity index (χ4n) is 1.53. The molecule has 0 atom stereocenters. The van der Waals surface area contributed by atoms with Crippen LogP contribution in [0.5, 0.6) is 0 Å². The lowest BCUT2D eigenvalue weighted by Gasteiger charge is -2.32. The molecule has 0 amide bonds. The van der Waals surface area contributed by atoms with Gasteiger partial charge in [-0.25, -0.2) is 9.97 Å². The van der Waals surface area contributed by atoms with E-state index in [1.807, 2.05) is 0 Å². The second kappa shape index (κ2) is 3.79. The molecule has 2 rings (SSSR count). The van der Waals surface area contributed by atoms with E-state index >= 15 is 0 Å². The molecule has 1 saturated heterocycles. The quantitative estimate of drug-likeness (QED) is 0.670. The molecule has 1 aliphatic heterocycles. The standard InChI is InChI=1S/C9H15N5/c1-13-2-4-14(5-3-13)9-7-11-8(10)6-12-9/h6-7H,2-5H2,1H3,(H2,10,11). The second-order valence-electron chi connectivity index (χ2n) is 3.59. The average molecular weight is 193 g/mol. The topological polar surface area (TPSA) is 58.3 Å². The van der Waals surface area contributed by atoms with Crippen LogP contribution in [0.1, 0.15) is 0 Å². The number of nitrogens with two attached hydrogens (primary N) is 1. The van der Waals surface area contributed by atoms with Crippen molar-refractivity contribution in [3.8, 4) is 0 Å². The molecule has 5 heteroatoms. The van der Waals surface area contributed by atoms with Gasteiger partial charge in [-0.3, -0.25) is 0 Å². The Bertz CT molecular complexity index is 289. The average Bonchev–Trinajstić information content (AvgIpc) is 2.21. The first-order chi connectivity index (χ1) is 6.75. The van der Waals surface area contributed by atoms with E-state index in [9.17, 15) is 0 Å². The molecule has 0 aromatic carbocycles. The van der Waals surface area contributed by atoms with E-state index < -0.39 is 0 Å². The normalized spacial score (nSPS) is 18.5. The molecule has 14 heavy (non-hydrogen) atoms. The summed E-state index contributed by atoms with van der Waals surface area (Å²) < 4.78 is 0. The largest absolute Gasteiger partial charge is 0.382 e. The maximum absolute atomic E-state index is 5.48. The Morgan fingerprint density at radius 3 is 2.43 bits per heavy atom. The van der Waals surface area contributed by atoms with Crippen molar-refractivity contribution in [2.45, 2.75) is 0 Å². The molecule has 1 aromatic rings. The summed E-state index contributed by atoms with van der Waals surface area (Å²) in [5.74, 6) is 1.40. The highest BCUT2D eigenvalue weighted by Crippen LogP contribution is 2.11. The van der Waals surface area contributed by atoms with Gasteiger partial charge in [0.25, 0.3) is 0 Å². The van der Waals surface area contributed by atoms with Crippen LogP contribution in [0.3, 0.4) is 0 Å². The van der Waals surface area contributed by atoms with E-state index in [0.717, 1.165) is 32.0 Å². The molecule has 0 unspecified atom stereocenters. The van der Waals surface area contributed by atoms with Crippen molar-refractivity contribution < 1.29 is 0 Å². The van der Waals surface area contributed by atoms with E-state index in [1.54, 1.807) is 12.4 Å². The molecule has 0 aliphatic carbocycles. The second-order valence-corrected chi connectivity index (χ2v) is 3.59. The predicted molar refractivity (Wildman–Crippen MR) is 56.2 cm³/mol. The van der Waals surface area contributed by atoms with Gasteiger partial charge < -0.3 is 15.5 Å². The zero-order valence-electron chi connectivity index (χ0n) is 8.35. The maximum atomic E-state index is 5.48. The zero-order chi connectivity index (χ0) is 9.97. The number of nitrogen functional groups attached to an aromatic ring is 1. The van der Waals surface area contributed by atoms with Gasteiger partial charge in [0, 0.05) is 26.2 Å². The van der Waals surface area contributed by atoms with Crippen molar-refractivity contribution in [2.75, 3.05) is 43.9 Å². The van der Waals surface area contributed by atoms with Crippen molar-refractivity contribution in [1.82, 2.24) is 14.9 Å². The minimum absolute atomic E-state index is 0.475. The fourth-order valence-corrected chi connectivity index (χ4v) is 1.53. The third-order valence-corrected chi connectivity index (χ3v) is 2.49. The van der Waals surface area contributed by atoms with Gasteiger partial charge in [-0.2, -0.15) is 0 Å². The summed E-state index contributed by atoms with van der Waals surface area (Å²) in [7, 11) is 2.13. The van der Waals surface area contributed by atoms with Crippen LogP contribution in [0.4, 0.5) is 11.6 Å². The number of rotatable bonds is 1. The number of likely N-dealkylation sites (N-methyl/N-ethyl adjacent to an activating group) is 1. The van der Waals surface area contributed by atoms with Crippen LogP contribution < -0.4 is 10.6 Å². The number of anilines is 2. The molecule has 0 radical (unpaired) electrons. The van der Waals surface area contributed by atoms with Crippen LogP contribution in [0.15, 0.2) is 12.4 Å². The maximum Gasteiger partial charge on any atom is 0.147 e. The molecule has 1 fully saturated rings. The van der Waals surface area contributed by atoms with Crippen LogP contribution in [0.2, 0.25) is 0 Å². The number of aromatic nitrogens is 2. The van der Waals surface area contributed by atoms with Gasteiger partial charge in [0.2, 0.25) is 0 Å². The van der Waals surface area contributed by atoms with E-state index in [-0.39, 0.29) is 0 Å². The molecular weight excluding hydrogens is 178 g/mol. The number of hydrogen-bond donors (Lipinski definition) is 1. The lowest BCUT2D eigenvalue weighted by atomic mass is 10.3. The van der Waals surface area contributed by atoms with E-state index in [1.165, 1.54) is 0 Å². The third-order valence-electron chi connectivity index (χ3n) is 2.49. The monoisotopic (exact) mass is 193 g/mol. The molecule has 0 saturated carbocycles. The molecule has 0 spiro atoms. The van der Waals surface area contributed by atoms with E-state index in [2.05, 4.69) is 26.8 Å². The molecular formula is C9H15N5. The first-order valence-corrected chi connectivity index (χ1v) is 4.77. The Kier molecular flexibility index (Phi) is 2.49. The number of nitrogens with zero attached hydrogens (tertiary/aromatic N) is 4. The summed E-state index contributed by atoms with van der Waals surface area (Å²) in [6.45, 7) is 4.17. The lowest BCUT2D eigenvalue weighted by molar-refractivity contribution is 0.312. The van der Waals surface area contributed by atoms with Gasteiger partial charge >= 0.3 is 0 Å². The Balaban J connectivity index is 2.05. The summed E-state index contributed by atoms with van der Waals surface area (Å²) in [6.07, 6.45) is 3.34. The van der Waals surface area contributed by atoms with Gasteiger partial charge in [-0.1, -0.05) is 0 Å². The van der Waals surface area contributed by atoms with Gasteiger partial charge in [0.1, 0.15) is 11.6 Å². The summed E-state index contributed by atoms with van der Waals surface area (Å²) in [4.78, 5) is 12.8. The number of piperazine rings is 1. The summed E-state index contributed by atoms with van der Waals surface area (Å²) in [5, 5.41) is 0. The van der Waals surface area contributed by atoms with Crippen molar-refractivity contribution in [2.24, 2.45) is 0 Å². The molecule has 1 aliphatic rings. The van der Waals surface area contributed by atoms with Crippen molar-refractivity contribution in [3.63, 3.8) is 0 Å². The smallest absolute Gasteiger partial charge is 0.147 e. The highest BCUT2D eigenvalue weighted by molar-refractivity contribution is 5.39. The van der Waals surface area contributed by atoms with Crippen LogP contribution in [-0.4, -0.2) is 48.1 Å². The summed E-state index contributed by atoms with van der Waals surface area (Å²) >= 11 is 0. The highest BCUT2D eigenvalue weighted by Gasteiger charge is 2.14. The number of hydrogen-bond acceptors (Lipinski definition) is 5. The summed E-state index contributed by atoms with van der Waals surface area (Å²) in [6, 6.07) is 0. The minimum atomic E-state index is 0.475. The van der Waals surface area contributed by atoms with E-state index in [0.29, 0.717) is 5.82 Å². The van der Waals surface area contributed by atoms with Crippen molar-refractivity contribution in [3.05, 3.63) is 12.4 Å².